The molecule has 0 aromatic heterocycles. The minimum Gasteiger partial charge on any atom is -0.465 e. The van der Waals surface area contributed by atoms with E-state index < -0.39 is 5.97 Å². The van der Waals surface area contributed by atoms with Crippen molar-refractivity contribution in [1.29, 1.82) is 0 Å². The lowest BCUT2D eigenvalue weighted by molar-refractivity contribution is -0.113. The first-order valence-corrected chi connectivity index (χ1v) is 10.7. The van der Waals surface area contributed by atoms with Gasteiger partial charge in [-0.1, -0.05) is 71.2 Å². The Morgan fingerprint density at radius 3 is 2.34 bits per heavy atom. The van der Waals surface area contributed by atoms with Crippen LogP contribution in [0, 0.1) is 0 Å². The lowest BCUT2D eigenvalue weighted by Crippen LogP contribution is -2.25. The van der Waals surface area contributed by atoms with E-state index in [-0.39, 0.29) is 16.5 Å². The number of halogens is 3. The maximum Gasteiger partial charge on any atom is 0.339 e. The standard InChI is InChI=1S/C25H16Cl3NO3/c1-32-25(31)20-10-9-19(14-22(20)28)29-23(15-5-3-2-4-6-15)12-17(24(29)30)11-16-7-8-18(26)13-21(16)27/h2-14H,1H3/b17-11+. The third-order valence-corrected chi connectivity index (χ3v) is 5.82. The van der Waals surface area contributed by atoms with E-state index in [0.717, 1.165) is 5.56 Å². The number of anilines is 1. The summed E-state index contributed by atoms with van der Waals surface area (Å²) in [5.41, 5.74) is 3.38. The summed E-state index contributed by atoms with van der Waals surface area (Å²) in [6, 6.07) is 19.4. The van der Waals surface area contributed by atoms with Gasteiger partial charge in [0.15, 0.2) is 0 Å². The number of benzene rings is 3. The van der Waals surface area contributed by atoms with E-state index in [2.05, 4.69) is 0 Å². The molecule has 32 heavy (non-hydrogen) atoms. The highest BCUT2D eigenvalue weighted by molar-refractivity contribution is 6.36. The fourth-order valence-corrected chi connectivity index (χ4v) is 4.11. The normalized spacial score (nSPS) is 14.6. The van der Waals surface area contributed by atoms with E-state index in [1.807, 2.05) is 30.3 Å². The van der Waals surface area contributed by atoms with Gasteiger partial charge in [0.05, 0.1) is 29.1 Å². The Kier molecular flexibility index (Phi) is 6.38. The fraction of sp³-hybridized carbons (Fsp3) is 0.0400. The SMILES string of the molecule is COC(=O)c1ccc(N2C(=O)/C(=C/c3ccc(Cl)cc3Cl)C=C2c2ccccc2)cc1Cl. The number of amides is 1. The Hall–Kier alpha value is -3.05. The van der Waals surface area contributed by atoms with Crippen molar-refractivity contribution in [3.05, 3.63) is 110 Å². The van der Waals surface area contributed by atoms with Crippen LogP contribution in [0.2, 0.25) is 15.1 Å². The van der Waals surface area contributed by atoms with Gasteiger partial charge in [0, 0.05) is 15.6 Å². The molecule has 0 atom stereocenters. The third kappa shape index (κ3) is 4.30. The molecule has 0 bridgehead atoms. The number of hydrogen-bond acceptors (Lipinski definition) is 3. The molecule has 0 fully saturated rings. The Labute approximate surface area is 200 Å². The fourth-order valence-electron chi connectivity index (χ4n) is 3.40. The molecule has 0 saturated carbocycles. The number of hydrogen-bond donors (Lipinski definition) is 0. The molecule has 0 saturated heterocycles. The van der Waals surface area contributed by atoms with Gasteiger partial charge < -0.3 is 4.74 Å². The predicted molar refractivity (Wildman–Crippen MR) is 129 cm³/mol. The van der Waals surface area contributed by atoms with Gasteiger partial charge in [0.25, 0.3) is 5.91 Å². The summed E-state index contributed by atoms with van der Waals surface area (Å²) < 4.78 is 4.75. The number of carbonyl (C=O) groups is 2. The smallest absolute Gasteiger partial charge is 0.339 e. The topological polar surface area (TPSA) is 46.6 Å². The van der Waals surface area contributed by atoms with Crippen LogP contribution in [0.5, 0.6) is 0 Å². The molecule has 0 N–H and O–H groups in total. The molecule has 3 aromatic carbocycles. The number of esters is 1. The van der Waals surface area contributed by atoms with Crippen molar-refractivity contribution in [2.45, 2.75) is 0 Å². The summed E-state index contributed by atoms with van der Waals surface area (Å²) in [5, 5.41) is 1.14. The molecule has 1 heterocycles. The van der Waals surface area contributed by atoms with Gasteiger partial charge >= 0.3 is 5.97 Å². The number of nitrogens with zero attached hydrogens (tertiary/aromatic N) is 1. The predicted octanol–water partition coefficient (Wildman–Crippen LogP) is 6.90. The highest BCUT2D eigenvalue weighted by atomic mass is 35.5. The first-order chi connectivity index (χ1) is 15.4. The van der Waals surface area contributed by atoms with Crippen LogP contribution in [0.25, 0.3) is 11.8 Å². The van der Waals surface area contributed by atoms with E-state index in [9.17, 15) is 9.59 Å². The molecule has 1 aliphatic rings. The highest BCUT2D eigenvalue weighted by Crippen LogP contribution is 2.37. The van der Waals surface area contributed by atoms with E-state index in [0.29, 0.717) is 32.6 Å². The summed E-state index contributed by atoms with van der Waals surface area (Å²) in [4.78, 5) is 26.9. The summed E-state index contributed by atoms with van der Waals surface area (Å²) in [5.74, 6) is -0.803. The molecule has 7 heteroatoms. The number of methoxy groups -OCH3 is 1. The molecule has 3 aromatic rings. The second-order valence-corrected chi connectivity index (χ2v) is 8.21. The van der Waals surface area contributed by atoms with Gasteiger partial charge in [0.1, 0.15) is 0 Å². The molecular formula is C25H16Cl3NO3. The van der Waals surface area contributed by atoms with E-state index in [1.54, 1.807) is 47.4 Å². The maximum atomic E-state index is 13.5. The largest absolute Gasteiger partial charge is 0.465 e. The summed E-state index contributed by atoms with van der Waals surface area (Å²) in [6.45, 7) is 0. The van der Waals surface area contributed by atoms with Crippen LogP contribution < -0.4 is 4.90 Å². The van der Waals surface area contributed by atoms with Crippen LogP contribution in [0.4, 0.5) is 5.69 Å². The molecular weight excluding hydrogens is 469 g/mol. The Morgan fingerprint density at radius 2 is 1.69 bits per heavy atom. The second kappa shape index (κ2) is 9.21. The van der Waals surface area contributed by atoms with Gasteiger partial charge in [0.2, 0.25) is 0 Å². The quantitative estimate of drug-likeness (QED) is 0.299. The first-order valence-electron chi connectivity index (χ1n) is 9.55. The van der Waals surface area contributed by atoms with Crippen molar-refractivity contribution in [3.63, 3.8) is 0 Å². The molecule has 1 amide bonds. The number of ether oxygens (including phenoxy) is 1. The molecule has 0 unspecified atom stereocenters. The van der Waals surface area contributed by atoms with Crippen LogP contribution in [0.1, 0.15) is 21.5 Å². The lowest BCUT2D eigenvalue weighted by Gasteiger charge is -2.21. The van der Waals surface area contributed by atoms with E-state index in [1.165, 1.54) is 13.2 Å². The average Bonchev–Trinajstić information content (AvgIpc) is 3.11. The molecule has 0 radical (unpaired) electrons. The highest BCUT2D eigenvalue weighted by Gasteiger charge is 2.31. The van der Waals surface area contributed by atoms with Crippen molar-refractivity contribution >= 4 is 64.1 Å². The average molecular weight is 485 g/mol. The molecule has 4 nitrogen and oxygen atoms in total. The molecule has 0 aliphatic carbocycles. The number of carbonyl (C=O) groups excluding carboxylic acids is 2. The lowest BCUT2D eigenvalue weighted by atomic mass is 10.1. The number of rotatable bonds is 4. The summed E-state index contributed by atoms with van der Waals surface area (Å²) >= 11 is 18.6. The third-order valence-electron chi connectivity index (χ3n) is 4.94. The van der Waals surface area contributed by atoms with Crippen LogP contribution in [-0.2, 0) is 9.53 Å². The van der Waals surface area contributed by atoms with Crippen LogP contribution in [0.15, 0.2) is 78.4 Å². The molecule has 0 spiro atoms. The zero-order valence-electron chi connectivity index (χ0n) is 16.8. The van der Waals surface area contributed by atoms with Crippen LogP contribution in [-0.4, -0.2) is 19.0 Å². The van der Waals surface area contributed by atoms with E-state index in [4.69, 9.17) is 39.5 Å². The Balaban J connectivity index is 1.82. The minimum absolute atomic E-state index is 0.188. The Morgan fingerprint density at radius 1 is 0.938 bits per heavy atom. The van der Waals surface area contributed by atoms with Gasteiger partial charge in [-0.3, -0.25) is 9.69 Å². The van der Waals surface area contributed by atoms with Crippen molar-refractivity contribution in [2.75, 3.05) is 12.0 Å². The van der Waals surface area contributed by atoms with Crippen molar-refractivity contribution in [2.24, 2.45) is 0 Å². The zero-order valence-corrected chi connectivity index (χ0v) is 19.1. The summed E-state index contributed by atoms with van der Waals surface area (Å²) in [7, 11) is 1.28. The van der Waals surface area contributed by atoms with Crippen LogP contribution in [0.3, 0.4) is 0 Å². The summed E-state index contributed by atoms with van der Waals surface area (Å²) in [6.07, 6.45) is 3.51. The van der Waals surface area contributed by atoms with Gasteiger partial charge in [-0.15, -0.1) is 0 Å². The second-order valence-electron chi connectivity index (χ2n) is 6.96. The van der Waals surface area contributed by atoms with Gasteiger partial charge in [-0.05, 0) is 53.6 Å². The molecule has 1 aliphatic heterocycles. The van der Waals surface area contributed by atoms with Crippen molar-refractivity contribution in [3.8, 4) is 0 Å². The van der Waals surface area contributed by atoms with Crippen LogP contribution >= 0.6 is 34.8 Å². The first kappa shape index (κ1) is 22.2. The molecule has 4 rings (SSSR count). The Bertz CT molecular complexity index is 1280. The van der Waals surface area contributed by atoms with E-state index >= 15 is 0 Å². The monoisotopic (exact) mass is 483 g/mol. The van der Waals surface area contributed by atoms with Crippen molar-refractivity contribution in [1.82, 2.24) is 0 Å². The molecule has 160 valence electrons. The van der Waals surface area contributed by atoms with Gasteiger partial charge in [-0.25, -0.2) is 4.79 Å². The maximum absolute atomic E-state index is 13.5. The zero-order chi connectivity index (χ0) is 22.8. The van der Waals surface area contributed by atoms with Crippen molar-refractivity contribution < 1.29 is 14.3 Å². The minimum atomic E-state index is -0.550. The van der Waals surface area contributed by atoms with Gasteiger partial charge in [-0.2, -0.15) is 0 Å².